The number of hydrogen-bond donors (Lipinski definition) is 0. The van der Waals surface area contributed by atoms with E-state index in [4.69, 9.17) is 4.98 Å². The van der Waals surface area contributed by atoms with Gasteiger partial charge in [0.15, 0.2) is 0 Å². The predicted octanol–water partition coefficient (Wildman–Crippen LogP) is 7.62. The molecule has 6 rings (SSSR count). The lowest BCUT2D eigenvalue weighted by Crippen LogP contribution is -2.03. The van der Waals surface area contributed by atoms with E-state index in [-0.39, 0.29) is 0 Å². The van der Waals surface area contributed by atoms with Crippen molar-refractivity contribution in [2.75, 3.05) is 0 Å². The van der Waals surface area contributed by atoms with Crippen molar-refractivity contribution in [3.05, 3.63) is 119 Å². The Bertz CT molecular complexity index is 1650. The van der Waals surface area contributed by atoms with Crippen molar-refractivity contribution in [3.8, 4) is 17.1 Å². The average Bonchev–Trinajstić information content (AvgIpc) is 3.38. The SMILES string of the molecule is Cc1ccc(-n2cc(Cn3c(-c4ccccc4C)nc4cc(C)ccc43)c3ccccc32)cc1. The Hall–Kier alpha value is -4.11. The Morgan fingerprint density at radius 1 is 0.706 bits per heavy atom. The molecule has 0 saturated carbocycles. The van der Waals surface area contributed by atoms with Crippen LogP contribution in [0.25, 0.3) is 39.0 Å². The van der Waals surface area contributed by atoms with Gasteiger partial charge in [0, 0.05) is 22.8 Å². The highest BCUT2D eigenvalue weighted by molar-refractivity contribution is 5.87. The van der Waals surface area contributed by atoms with Crippen LogP contribution in [0.5, 0.6) is 0 Å². The molecule has 0 unspecified atom stereocenters. The van der Waals surface area contributed by atoms with Crippen LogP contribution in [0.1, 0.15) is 22.3 Å². The first-order valence-corrected chi connectivity index (χ1v) is 11.8. The van der Waals surface area contributed by atoms with Crippen molar-refractivity contribution >= 4 is 21.9 Å². The second kappa shape index (κ2) is 8.03. The number of fused-ring (bicyclic) bond motifs is 2. The lowest BCUT2D eigenvalue weighted by molar-refractivity contribution is 0.836. The first-order valence-electron chi connectivity index (χ1n) is 11.8. The smallest absolute Gasteiger partial charge is 0.141 e. The molecule has 0 saturated heterocycles. The molecule has 4 aromatic carbocycles. The van der Waals surface area contributed by atoms with Gasteiger partial charge in [-0.15, -0.1) is 0 Å². The normalized spacial score (nSPS) is 11.5. The minimum Gasteiger partial charge on any atom is -0.319 e. The summed E-state index contributed by atoms with van der Waals surface area (Å²) in [6.07, 6.45) is 2.29. The summed E-state index contributed by atoms with van der Waals surface area (Å²) in [5.74, 6) is 1.02. The van der Waals surface area contributed by atoms with E-state index in [1.54, 1.807) is 0 Å². The van der Waals surface area contributed by atoms with E-state index in [2.05, 4.69) is 127 Å². The fourth-order valence-corrected chi connectivity index (χ4v) is 4.89. The molecule has 3 heteroatoms. The highest BCUT2D eigenvalue weighted by Gasteiger charge is 2.17. The summed E-state index contributed by atoms with van der Waals surface area (Å²) in [7, 11) is 0. The molecule has 166 valence electrons. The summed E-state index contributed by atoms with van der Waals surface area (Å²) < 4.78 is 4.68. The van der Waals surface area contributed by atoms with Gasteiger partial charge in [0.05, 0.1) is 23.1 Å². The number of benzene rings is 4. The minimum absolute atomic E-state index is 0.753. The number of rotatable bonds is 4. The Kier molecular flexibility index (Phi) is 4.84. The third kappa shape index (κ3) is 3.41. The largest absolute Gasteiger partial charge is 0.319 e. The first-order chi connectivity index (χ1) is 16.6. The molecule has 2 heterocycles. The molecule has 0 aliphatic rings. The van der Waals surface area contributed by atoms with E-state index in [1.165, 1.54) is 44.4 Å². The third-order valence-corrected chi connectivity index (χ3v) is 6.72. The van der Waals surface area contributed by atoms with Crippen molar-refractivity contribution in [2.24, 2.45) is 0 Å². The number of nitrogens with zero attached hydrogens (tertiary/aromatic N) is 3. The monoisotopic (exact) mass is 441 g/mol. The average molecular weight is 442 g/mol. The van der Waals surface area contributed by atoms with Gasteiger partial charge in [-0.3, -0.25) is 0 Å². The molecule has 0 N–H and O–H groups in total. The Labute approximate surface area is 199 Å². The van der Waals surface area contributed by atoms with E-state index in [0.29, 0.717) is 0 Å². The van der Waals surface area contributed by atoms with Crippen LogP contribution < -0.4 is 0 Å². The molecule has 0 atom stereocenters. The van der Waals surface area contributed by atoms with Crippen LogP contribution in [-0.2, 0) is 6.54 Å². The van der Waals surface area contributed by atoms with Crippen molar-refractivity contribution < 1.29 is 0 Å². The van der Waals surface area contributed by atoms with Gasteiger partial charge in [0.25, 0.3) is 0 Å². The molecule has 3 nitrogen and oxygen atoms in total. The topological polar surface area (TPSA) is 22.8 Å². The summed E-state index contributed by atoms with van der Waals surface area (Å²) in [5, 5.41) is 1.27. The second-order valence-corrected chi connectivity index (χ2v) is 9.21. The molecule has 2 aromatic heterocycles. The summed E-state index contributed by atoms with van der Waals surface area (Å²) in [5.41, 5.74) is 10.8. The molecule has 0 bridgehead atoms. The fraction of sp³-hybridized carbons (Fsp3) is 0.129. The van der Waals surface area contributed by atoms with Gasteiger partial charge in [-0.2, -0.15) is 0 Å². The number of hydrogen-bond acceptors (Lipinski definition) is 1. The second-order valence-electron chi connectivity index (χ2n) is 9.21. The summed E-state index contributed by atoms with van der Waals surface area (Å²) in [6.45, 7) is 7.17. The van der Waals surface area contributed by atoms with Gasteiger partial charge in [0.2, 0.25) is 0 Å². The zero-order valence-electron chi connectivity index (χ0n) is 19.8. The van der Waals surface area contributed by atoms with Crippen LogP contribution >= 0.6 is 0 Å². The van der Waals surface area contributed by atoms with E-state index >= 15 is 0 Å². The predicted molar refractivity (Wildman–Crippen MR) is 142 cm³/mol. The summed E-state index contributed by atoms with van der Waals surface area (Å²) >= 11 is 0. The van der Waals surface area contributed by atoms with E-state index in [1.807, 2.05) is 0 Å². The van der Waals surface area contributed by atoms with Crippen LogP contribution in [0.4, 0.5) is 0 Å². The Morgan fingerprint density at radius 2 is 1.44 bits per heavy atom. The molecular weight excluding hydrogens is 414 g/mol. The Balaban J connectivity index is 1.56. The number of imidazole rings is 1. The summed E-state index contributed by atoms with van der Waals surface area (Å²) in [4.78, 5) is 5.11. The maximum atomic E-state index is 5.11. The molecule has 0 amide bonds. The number of aromatic nitrogens is 3. The first kappa shape index (κ1) is 20.5. The third-order valence-electron chi connectivity index (χ3n) is 6.72. The van der Waals surface area contributed by atoms with Crippen molar-refractivity contribution in [1.29, 1.82) is 0 Å². The van der Waals surface area contributed by atoms with Crippen molar-refractivity contribution in [1.82, 2.24) is 14.1 Å². The zero-order chi connectivity index (χ0) is 23.2. The lowest BCUT2D eigenvalue weighted by atomic mass is 10.1. The van der Waals surface area contributed by atoms with Gasteiger partial charge in [-0.1, -0.05) is 66.2 Å². The molecule has 6 aromatic rings. The summed E-state index contributed by atoms with van der Waals surface area (Å²) in [6, 6.07) is 32.5. The molecule has 0 spiro atoms. The standard InChI is InChI=1S/C31H27N3/c1-21-12-15-25(16-13-21)33-19-24(27-10-6-7-11-29(27)33)20-34-30-17-14-22(2)18-28(30)32-31(34)26-9-5-4-8-23(26)3/h4-19H,20H2,1-3H3. The van der Waals surface area contributed by atoms with Crippen LogP contribution in [0.2, 0.25) is 0 Å². The number of aryl methyl sites for hydroxylation is 3. The molecule has 0 aliphatic carbocycles. The van der Waals surface area contributed by atoms with E-state index in [9.17, 15) is 0 Å². The molecule has 0 fully saturated rings. The quantitative estimate of drug-likeness (QED) is 0.276. The lowest BCUT2D eigenvalue weighted by Gasteiger charge is -2.11. The Morgan fingerprint density at radius 3 is 2.26 bits per heavy atom. The highest BCUT2D eigenvalue weighted by atomic mass is 15.1. The van der Waals surface area contributed by atoms with Gasteiger partial charge < -0.3 is 9.13 Å². The van der Waals surface area contributed by atoms with Crippen molar-refractivity contribution in [3.63, 3.8) is 0 Å². The van der Waals surface area contributed by atoms with Gasteiger partial charge >= 0.3 is 0 Å². The molecule has 34 heavy (non-hydrogen) atoms. The van der Waals surface area contributed by atoms with Crippen molar-refractivity contribution in [2.45, 2.75) is 27.3 Å². The van der Waals surface area contributed by atoms with Gasteiger partial charge in [0.1, 0.15) is 5.82 Å². The number of para-hydroxylation sites is 1. The molecule has 0 radical (unpaired) electrons. The zero-order valence-corrected chi connectivity index (χ0v) is 19.8. The fourth-order valence-electron chi connectivity index (χ4n) is 4.89. The van der Waals surface area contributed by atoms with Gasteiger partial charge in [-0.25, -0.2) is 4.98 Å². The van der Waals surface area contributed by atoms with Crippen LogP contribution in [-0.4, -0.2) is 14.1 Å². The molecular formula is C31H27N3. The highest BCUT2D eigenvalue weighted by Crippen LogP contribution is 2.31. The van der Waals surface area contributed by atoms with Crippen LogP contribution in [0.15, 0.2) is 97.2 Å². The van der Waals surface area contributed by atoms with Crippen LogP contribution in [0, 0.1) is 20.8 Å². The molecule has 0 aliphatic heterocycles. The maximum absolute atomic E-state index is 5.11. The van der Waals surface area contributed by atoms with Gasteiger partial charge in [-0.05, 0) is 67.8 Å². The van der Waals surface area contributed by atoms with E-state index < -0.39 is 0 Å². The maximum Gasteiger partial charge on any atom is 0.141 e. The minimum atomic E-state index is 0.753. The van der Waals surface area contributed by atoms with E-state index in [0.717, 1.165) is 23.4 Å². The van der Waals surface area contributed by atoms with Crippen LogP contribution in [0.3, 0.4) is 0 Å².